The topological polar surface area (TPSA) is 15.3 Å². The van der Waals surface area contributed by atoms with E-state index in [1.54, 1.807) is 0 Å². The highest BCUT2D eigenvalue weighted by Crippen LogP contribution is 2.30. The van der Waals surface area contributed by atoms with Gasteiger partial charge in [0.1, 0.15) is 0 Å². The molecule has 0 spiro atoms. The van der Waals surface area contributed by atoms with Crippen molar-refractivity contribution in [3.8, 4) is 0 Å². The molecule has 1 aromatic carbocycles. The third kappa shape index (κ3) is 2.56. The van der Waals surface area contributed by atoms with Gasteiger partial charge in [0, 0.05) is 23.2 Å². The Morgan fingerprint density at radius 3 is 3.00 bits per heavy atom. The standard InChI is InChI=1S/C12H17IN2/c1-9(2)8-15-6-5-14-11-7-10(13)3-4-12(11)15/h3-4,7,9,14H,5-6,8H2,1-2H3. The molecule has 0 amide bonds. The highest BCUT2D eigenvalue weighted by atomic mass is 127. The summed E-state index contributed by atoms with van der Waals surface area (Å²) >= 11 is 2.36. The maximum absolute atomic E-state index is 3.46. The first-order chi connectivity index (χ1) is 7.16. The van der Waals surface area contributed by atoms with Crippen molar-refractivity contribution >= 4 is 34.0 Å². The molecule has 0 aliphatic carbocycles. The van der Waals surface area contributed by atoms with Crippen molar-refractivity contribution in [1.82, 2.24) is 0 Å². The molecule has 0 radical (unpaired) electrons. The summed E-state index contributed by atoms with van der Waals surface area (Å²) in [5, 5.41) is 3.46. The van der Waals surface area contributed by atoms with Gasteiger partial charge in [-0.1, -0.05) is 13.8 Å². The lowest BCUT2D eigenvalue weighted by atomic mass is 10.1. The Bertz CT molecular complexity index is 349. The molecule has 2 nitrogen and oxygen atoms in total. The van der Waals surface area contributed by atoms with E-state index in [9.17, 15) is 0 Å². The highest BCUT2D eigenvalue weighted by Gasteiger charge is 2.16. The van der Waals surface area contributed by atoms with E-state index in [1.165, 1.54) is 14.9 Å². The number of anilines is 2. The monoisotopic (exact) mass is 316 g/mol. The summed E-state index contributed by atoms with van der Waals surface area (Å²) in [5.74, 6) is 0.718. The molecule has 15 heavy (non-hydrogen) atoms. The second kappa shape index (κ2) is 4.60. The van der Waals surface area contributed by atoms with Gasteiger partial charge in [0.15, 0.2) is 0 Å². The van der Waals surface area contributed by atoms with E-state index < -0.39 is 0 Å². The fraction of sp³-hybridized carbons (Fsp3) is 0.500. The van der Waals surface area contributed by atoms with Gasteiger partial charge in [-0.2, -0.15) is 0 Å². The van der Waals surface area contributed by atoms with Crippen LogP contribution in [0.2, 0.25) is 0 Å². The van der Waals surface area contributed by atoms with Crippen molar-refractivity contribution in [3.05, 3.63) is 21.8 Å². The van der Waals surface area contributed by atoms with Gasteiger partial charge in [-0.15, -0.1) is 0 Å². The Labute approximate surface area is 105 Å². The van der Waals surface area contributed by atoms with Crippen LogP contribution in [0.25, 0.3) is 0 Å². The van der Waals surface area contributed by atoms with Crippen molar-refractivity contribution in [2.24, 2.45) is 5.92 Å². The molecule has 1 heterocycles. The molecule has 1 N–H and O–H groups in total. The highest BCUT2D eigenvalue weighted by molar-refractivity contribution is 14.1. The zero-order valence-electron chi connectivity index (χ0n) is 9.26. The lowest BCUT2D eigenvalue weighted by Crippen LogP contribution is -2.36. The number of nitrogens with zero attached hydrogens (tertiary/aromatic N) is 1. The van der Waals surface area contributed by atoms with E-state index in [1.807, 2.05) is 0 Å². The van der Waals surface area contributed by atoms with Crippen LogP contribution in [-0.2, 0) is 0 Å². The SMILES string of the molecule is CC(C)CN1CCNc2cc(I)ccc21. The Morgan fingerprint density at radius 1 is 1.47 bits per heavy atom. The van der Waals surface area contributed by atoms with Gasteiger partial charge < -0.3 is 10.2 Å². The lowest BCUT2D eigenvalue weighted by molar-refractivity contribution is 0.610. The second-order valence-corrected chi connectivity index (χ2v) is 5.67. The van der Waals surface area contributed by atoms with E-state index in [0.717, 1.165) is 25.6 Å². The van der Waals surface area contributed by atoms with Crippen LogP contribution in [0.4, 0.5) is 11.4 Å². The van der Waals surface area contributed by atoms with Crippen LogP contribution >= 0.6 is 22.6 Å². The smallest absolute Gasteiger partial charge is 0.0603 e. The van der Waals surface area contributed by atoms with Crippen LogP contribution in [0.5, 0.6) is 0 Å². The van der Waals surface area contributed by atoms with Gasteiger partial charge in [-0.3, -0.25) is 0 Å². The van der Waals surface area contributed by atoms with Crippen molar-refractivity contribution < 1.29 is 0 Å². The van der Waals surface area contributed by atoms with Crippen molar-refractivity contribution in [3.63, 3.8) is 0 Å². The quantitative estimate of drug-likeness (QED) is 0.843. The molecular weight excluding hydrogens is 299 g/mol. The van der Waals surface area contributed by atoms with E-state index in [0.29, 0.717) is 0 Å². The first kappa shape index (κ1) is 11.0. The molecule has 2 rings (SSSR count). The van der Waals surface area contributed by atoms with Gasteiger partial charge in [0.25, 0.3) is 0 Å². The molecule has 82 valence electrons. The van der Waals surface area contributed by atoms with Crippen LogP contribution in [0.15, 0.2) is 18.2 Å². The fourth-order valence-electron chi connectivity index (χ4n) is 2.00. The first-order valence-corrected chi connectivity index (χ1v) is 6.53. The number of hydrogen-bond acceptors (Lipinski definition) is 2. The molecule has 0 fully saturated rings. The number of hydrogen-bond donors (Lipinski definition) is 1. The molecule has 1 aliphatic heterocycles. The van der Waals surface area contributed by atoms with E-state index in [-0.39, 0.29) is 0 Å². The average Bonchev–Trinajstić information content (AvgIpc) is 2.16. The van der Waals surface area contributed by atoms with Crippen LogP contribution in [0.3, 0.4) is 0 Å². The first-order valence-electron chi connectivity index (χ1n) is 5.45. The summed E-state index contributed by atoms with van der Waals surface area (Å²) in [5.41, 5.74) is 2.64. The number of halogens is 1. The summed E-state index contributed by atoms with van der Waals surface area (Å²) in [7, 11) is 0. The predicted molar refractivity (Wildman–Crippen MR) is 74.7 cm³/mol. The van der Waals surface area contributed by atoms with Gasteiger partial charge in [-0.05, 0) is 46.7 Å². The van der Waals surface area contributed by atoms with Crippen LogP contribution in [0.1, 0.15) is 13.8 Å². The largest absolute Gasteiger partial charge is 0.382 e. The predicted octanol–water partition coefficient (Wildman–Crippen LogP) is 3.18. The van der Waals surface area contributed by atoms with Gasteiger partial charge >= 0.3 is 0 Å². The van der Waals surface area contributed by atoms with Crippen molar-refractivity contribution in [2.75, 3.05) is 29.9 Å². The molecule has 1 aromatic rings. The van der Waals surface area contributed by atoms with Gasteiger partial charge in [-0.25, -0.2) is 0 Å². The van der Waals surface area contributed by atoms with Crippen LogP contribution in [-0.4, -0.2) is 19.6 Å². The number of benzene rings is 1. The molecule has 0 atom stereocenters. The van der Waals surface area contributed by atoms with Gasteiger partial charge in [0.05, 0.1) is 11.4 Å². The third-order valence-corrected chi connectivity index (χ3v) is 3.25. The Kier molecular flexibility index (Phi) is 3.38. The number of fused-ring (bicyclic) bond motifs is 1. The molecule has 3 heteroatoms. The molecule has 0 saturated heterocycles. The third-order valence-electron chi connectivity index (χ3n) is 2.58. The average molecular weight is 316 g/mol. The Morgan fingerprint density at radius 2 is 2.27 bits per heavy atom. The maximum atomic E-state index is 3.46. The molecule has 0 bridgehead atoms. The normalized spacial score (nSPS) is 15.1. The van der Waals surface area contributed by atoms with E-state index >= 15 is 0 Å². The van der Waals surface area contributed by atoms with Crippen LogP contribution in [0, 0.1) is 9.49 Å². The zero-order valence-corrected chi connectivity index (χ0v) is 11.4. The minimum atomic E-state index is 0.718. The fourth-order valence-corrected chi connectivity index (χ4v) is 2.49. The lowest BCUT2D eigenvalue weighted by Gasteiger charge is -2.33. The molecule has 0 unspecified atom stereocenters. The zero-order chi connectivity index (χ0) is 10.8. The second-order valence-electron chi connectivity index (χ2n) is 4.43. The van der Waals surface area contributed by atoms with Crippen LogP contribution < -0.4 is 10.2 Å². The minimum absolute atomic E-state index is 0.718. The maximum Gasteiger partial charge on any atom is 0.0603 e. The van der Waals surface area contributed by atoms with Crippen molar-refractivity contribution in [2.45, 2.75) is 13.8 Å². The van der Waals surface area contributed by atoms with E-state index in [4.69, 9.17) is 0 Å². The summed E-state index contributed by atoms with van der Waals surface area (Å²) < 4.78 is 1.30. The van der Waals surface area contributed by atoms with Gasteiger partial charge in [0.2, 0.25) is 0 Å². The molecule has 0 saturated carbocycles. The Hall–Kier alpha value is -0.450. The molecular formula is C12H17IN2. The Balaban J connectivity index is 2.26. The summed E-state index contributed by atoms with van der Waals surface area (Å²) in [6.45, 7) is 7.86. The number of rotatable bonds is 2. The van der Waals surface area contributed by atoms with E-state index in [2.05, 4.69) is 64.9 Å². The summed E-state index contributed by atoms with van der Waals surface area (Å²) in [6, 6.07) is 6.63. The summed E-state index contributed by atoms with van der Waals surface area (Å²) in [6.07, 6.45) is 0. The van der Waals surface area contributed by atoms with Crippen molar-refractivity contribution in [1.29, 1.82) is 0 Å². The molecule has 1 aliphatic rings. The minimum Gasteiger partial charge on any atom is -0.382 e. The number of nitrogens with one attached hydrogen (secondary N) is 1. The summed E-state index contributed by atoms with van der Waals surface area (Å²) in [4.78, 5) is 2.48. The molecule has 0 aromatic heterocycles.